The number of amides is 2. The Morgan fingerprint density at radius 3 is 2.30 bits per heavy atom. The number of fused-ring (bicyclic) bond motifs is 1. The summed E-state index contributed by atoms with van der Waals surface area (Å²) in [5, 5.41) is 10.9. The van der Waals surface area contributed by atoms with Crippen molar-refractivity contribution in [1.82, 2.24) is 4.90 Å². The maximum Gasteiger partial charge on any atom is 0.329 e. The average molecular weight is 372 g/mol. The molecule has 3 rings (SSSR count). The van der Waals surface area contributed by atoms with Crippen molar-refractivity contribution < 1.29 is 28.4 Å². The van der Waals surface area contributed by atoms with Crippen LogP contribution in [0.25, 0.3) is 0 Å². The van der Waals surface area contributed by atoms with Crippen LogP contribution in [-0.2, 0) is 16.0 Å². The fraction of sp³-hybridized carbons (Fsp3) is 0.167. The number of carbonyl (C=O) groups excluding carboxylic acids is 3. The monoisotopic (exact) mass is 372 g/mol. The molecule has 1 heterocycles. The maximum atomic E-state index is 13.5. The smallest absolute Gasteiger partial charge is 0.329 e. The van der Waals surface area contributed by atoms with Gasteiger partial charge < -0.3 is 4.74 Å². The zero-order valence-electron chi connectivity index (χ0n) is 14.0. The minimum absolute atomic E-state index is 0.154. The lowest BCUT2D eigenvalue weighted by Gasteiger charge is -2.24. The van der Waals surface area contributed by atoms with E-state index in [1.807, 2.05) is 0 Å². The van der Waals surface area contributed by atoms with Crippen molar-refractivity contribution in [2.45, 2.75) is 12.5 Å². The Morgan fingerprint density at radius 2 is 1.78 bits per heavy atom. The summed E-state index contributed by atoms with van der Waals surface area (Å²) in [5.74, 6) is -3.22. The highest BCUT2D eigenvalue weighted by atomic mass is 19.1. The second-order valence-electron chi connectivity index (χ2n) is 5.81. The average Bonchev–Trinajstić information content (AvgIpc) is 2.91. The lowest BCUT2D eigenvalue weighted by Crippen LogP contribution is -2.46. The van der Waals surface area contributed by atoms with E-state index in [2.05, 4.69) is 0 Å². The van der Waals surface area contributed by atoms with Crippen molar-refractivity contribution in [2.75, 3.05) is 7.11 Å². The molecule has 1 atom stereocenters. The van der Waals surface area contributed by atoms with Gasteiger partial charge in [-0.2, -0.15) is 4.39 Å². The molecule has 0 unspecified atom stereocenters. The number of benzene rings is 2. The molecule has 0 N–H and O–H groups in total. The van der Waals surface area contributed by atoms with Crippen molar-refractivity contribution in [2.24, 2.45) is 0 Å². The Labute approximate surface area is 152 Å². The van der Waals surface area contributed by atoms with Crippen molar-refractivity contribution in [3.8, 4) is 0 Å². The van der Waals surface area contributed by atoms with Crippen LogP contribution in [0.15, 0.2) is 42.5 Å². The molecule has 8 nitrogen and oxygen atoms in total. The number of ether oxygens (including phenoxy) is 1. The number of nitrogens with zero attached hydrogens (tertiary/aromatic N) is 2. The second kappa shape index (κ2) is 6.94. The zero-order valence-corrected chi connectivity index (χ0v) is 14.0. The fourth-order valence-electron chi connectivity index (χ4n) is 2.96. The molecule has 0 spiro atoms. The number of hydrogen-bond donors (Lipinski definition) is 0. The van der Waals surface area contributed by atoms with Crippen LogP contribution in [0.1, 0.15) is 26.3 Å². The van der Waals surface area contributed by atoms with Gasteiger partial charge in [0.05, 0.1) is 23.2 Å². The largest absolute Gasteiger partial charge is 0.467 e. The first-order valence-corrected chi connectivity index (χ1v) is 7.82. The number of hydrogen-bond acceptors (Lipinski definition) is 6. The van der Waals surface area contributed by atoms with Crippen LogP contribution >= 0.6 is 0 Å². The molecule has 138 valence electrons. The van der Waals surface area contributed by atoms with Gasteiger partial charge in [0.2, 0.25) is 5.82 Å². The van der Waals surface area contributed by atoms with E-state index in [4.69, 9.17) is 4.74 Å². The van der Waals surface area contributed by atoms with Crippen molar-refractivity contribution in [3.63, 3.8) is 0 Å². The van der Waals surface area contributed by atoms with E-state index in [1.165, 1.54) is 18.2 Å². The summed E-state index contributed by atoms with van der Waals surface area (Å²) in [6.07, 6.45) is -0.251. The van der Waals surface area contributed by atoms with Gasteiger partial charge in [-0.05, 0) is 23.8 Å². The van der Waals surface area contributed by atoms with Gasteiger partial charge in [0.15, 0.2) is 0 Å². The standard InChI is InChI=1S/C18H13FN2O6/c1-27-18(24)15(9-10-6-7-13(19)14(8-10)21(25)26)20-16(22)11-4-2-3-5-12(11)17(20)23/h2-8,15H,9H2,1H3/t15-/m0/s1. The molecular weight excluding hydrogens is 359 g/mol. The minimum atomic E-state index is -1.34. The Hall–Kier alpha value is -3.62. The molecule has 0 saturated carbocycles. The summed E-state index contributed by atoms with van der Waals surface area (Å²) in [7, 11) is 1.10. The third-order valence-corrected chi connectivity index (χ3v) is 4.25. The number of imide groups is 1. The highest BCUT2D eigenvalue weighted by molar-refractivity contribution is 6.22. The molecule has 9 heteroatoms. The number of halogens is 1. The molecule has 0 fully saturated rings. The van der Waals surface area contributed by atoms with Gasteiger partial charge in [0, 0.05) is 12.5 Å². The van der Waals surface area contributed by atoms with Crippen molar-refractivity contribution in [1.29, 1.82) is 0 Å². The summed E-state index contributed by atoms with van der Waals surface area (Å²) in [5.41, 5.74) is -0.253. The van der Waals surface area contributed by atoms with E-state index in [0.717, 1.165) is 24.1 Å². The van der Waals surface area contributed by atoms with Crippen LogP contribution in [0, 0.1) is 15.9 Å². The van der Waals surface area contributed by atoms with Gasteiger partial charge in [-0.15, -0.1) is 0 Å². The predicted octanol–water partition coefficient (Wildman–Crippen LogP) is 2.11. The third kappa shape index (κ3) is 3.14. The Kier molecular flexibility index (Phi) is 4.68. The fourth-order valence-corrected chi connectivity index (χ4v) is 2.96. The van der Waals surface area contributed by atoms with E-state index >= 15 is 0 Å². The summed E-state index contributed by atoms with van der Waals surface area (Å²) >= 11 is 0. The van der Waals surface area contributed by atoms with Gasteiger partial charge in [0.1, 0.15) is 6.04 Å². The molecule has 2 aromatic rings. The van der Waals surface area contributed by atoms with Gasteiger partial charge in [0.25, 0.3) is 11.8 Å². The lowest BCUT2D eigenvalue weighted by atomic mass is 10.0. The zero-order chi connectivity index (χ0) is 19.7. The minimum Gasteiger partial charge on any atom is -0.467 e. The Balaban J connectivity index is 1.98. The van der Waals surface area contributed by atoms with Crippen molar-refractivity contribution >= 4 is 23.5 Å². The predicted molar refractivity (Wildman–Crippen MR) is 89.5 cm³/mol. The number of esters is 1. The highest BCUT2D eigenvalue weighted by Gasteiger charge is 2.43. The first kappa shape index (κ1) is 18.2. The lowest BCUT2D eigenvalue weighted by molar-refractivity contribution is -0.387. The second-order valence-corrected chi connectivity index (χ2v) is 5.81. The van der Waals surface area contributed by atoms with Crippen molar-refractivity contribution in [3.05, 3.63) is 75.1 Å². The maximum absolute atomic E-state index is 13.5. The molecule has 27 heavy (non-hydrogen) atoms. The molecule has 0 aliphatic carbocycles. The van der Waals surface area contributed by atoms with Gasteiger partial charge >= 0.3 is 11.7 Å². The van der Waals surface area contributed by atoms with E-state index in [0.29, 0.717) is 0 Å². The van der Waals surface area contributed by atoms with E-state index < -0.39 is 40.3 Å². The van der Waals surface area contributed by atoms with Crippen LogP contribution in [0.3, 0.4) is 0 Å². The molecule has 2 amide bonds. The first-order valence-electron chi connectivity index (χ1n) is 7.82. The number of nitro groups is 1. The number of nitro benzene ring substituents is 1. The van der Waals surface area contributed by atoms with Gasteiger partial charge in [-0.25, -0.2) is 4.79 Å². The molecule has 1 aliphatic rings. The quantitative estimate of drug-likeness (QED) is 0.344. The molecule has 0 radical (unpaired) electrons. The van der Waals surface area contributed by atoms with E-state index in [9.17, 15) is 28.9 Å². The van der Waals surface area contributed by atoms with Crippen LogP contribution in [0.2, 0.25) is 0 Å². The summed E-state index contributed by atoms with van der Waals surface area (Å²) in [6.45, 7) is 0. The first-order chi connectivity index (χ1) is 12.8. The molecular formula is C18H13FN2O6. The summed E-state index contributed by atoms with van der Waals surface area (Å²) in [4.78, 5) is 48.3. The molecule has 0 aromatic heterocycles. The number of methoxy groups -OCH3 is 1. The van der Waals surface area contributed by atoms with Crippen LogP contribution in [0.5, 0.6) is 0 Å². The number of rotatable bonds is 5. The van der Waals surface area contributed by atoms with E-state index in [-0.39, 0.29) is 23.1 Å². The molecule has 0 saturated heterocycles. The topological polar surface area (TPSA) is 107 Å². The van der Waals surface area contributed by atoms with Crippen LogP contribution in [0.4, 0.5) is 10.1 Å². The third-order valence-electron chi connectivity index (χ3n) is 4.25. The molecule has 0 bridgehead atoms. The van der Waals surface area contributed by atoms with Gasteiger partial charge in [-0.3, -0.25) is 24.6 Å². The molecule has 2 aromatic carbocycles. The highest BCUT2D eigenvalue weighted by Crippen LogP contribution is 2.27. The SMILES string of the molecule is COC(=O)[C@H](Cc1ccc(F)c([N+](=O)[O-])c1)N1C(=O)c2ccccc2C1=O. The summed E-state index contributed by atoms with van der Waals surface area (Å²) < 4.78 is 18.2. The normalized spacial score (nSPS) is 14.1. The molecule has 1 aliphatic heterocycles. The van der Waals surface area contributed by atoms with Crippen LogP contribution in [-0.4, -0.2) is 40.8 Å². The Morgan fingerprint density at radius 1 is 1.19 bits per heavy atom. The Bertz CT molecular complexity index is 939. The van der Waals surface area contributed by atoms with Crippen LogP contribution < -0.4 is 0 Å². The van der Waals surface area contributed by atoms with Gasteiger partial charge in [-0.1, -0.05) is 18.2 Å². The number of carbonyl (C=O) groups is 3. The van der Waals surface area contributed by atoms with E-state index in [1.54, 1.807) is 12.1 Å². The summed E-state index contributed by atoms with van der Waals surface area (Å²) in [6, 6.07) is 7.87.